The minimum atomic E-state index is 0.227. The van der Waals surface area contributed by atoms with Crippen molar-refractivity contribution in [3.05, 3.63) is 24.2 Å². The first-order valence-corrected chi connectivity index (χ1v) is 5.41. The second kappa shape index (κ2) is 4.45. The van der Waals surface area contributed by atoms with Crippen LogP contribution in [0.15, 0.2) is 23.0 Å². The van der Waals surface area contributed by atoms with Gasteiger partial charge in [0.1, 0.15) is 6.26 Å². The average molecular weight is 192 g/mol. The minimum Gasteiger partial charge on any atom is -0.472 e. The van der Waals surface area contributed by atoms with E-state index >= 15 is 0 Å². The lowest BCUT2D eigenvalue weighted by Crippen LogP contribution is -2.01. The van der Waals surface area contributed by atoms with Gasteiger partial charge in [-0.3, -0.25) is 4.79 Å². The molecular weight excluding hydrogens is 176 g/mol. The molecular formula is C12H16O2. The number of hydrogen-bond donors (Lipinski definition) is 0. The first-order chi connectivity index (χ1) is 6.86. The van der Waals surface area contributed by atoms with Gasteiger partial charge in [-0.2, -0.15) is 0 Å². The molecule has 0 bridgehead atoms. The zero-order valence-corrected chi connectivity index (χ0v) is 8.37. The van der Waals surface area contributed by atoms with Crippen molar-refractivity contribution in [1.82, 2.24) is 0 Å². The Morgan fingerprint density at radius 1 is 1.43 bits per heavy atom. The van der Waals surface area contributed by atoms with E-state index in [2.05, 4.69) is 0 Å². The Balaban J connectivity index is 1.78. The normalized spacial score (nSPS) is 17.4. The fraction of sp³-hybridized carbons (Fsp3) is 0.583. The second-order valence-electron chi connectivity index (χ2n) is 4.12. The average Bonchev–Trinajstić information content (AvgIpc) is 2.87. The van der Waals surface area contributed by atoms with E-state index in [1.54, 1.807) is 12.3 Å². The molecule has 0 aromatic carbocycles. The van der Waals surface area contributed by atoms with Crippen LogP contribution in [0.2, 0.25) is 0 Å². The Bertz CT molecular complexity index is 281. The van der Waals surface area contributed by atoms with Crippen LogP contribution in [-0.2, 0) is 0 Å². The molecule has 2 nitrogen and oxygen atoms in total. The van der Waals surface area contributed by atoms with E-state index in [0.29, 0.717) is 6.42 Å². The van der Waals surface area contributed by atoms with Crippen LogP contribution < -0.4 is 0 Å². The first kappa shape index (κ1) is 9.50. The summed E-state index contributed by atoms with van der Waals surface area (Å²) >= 11 is 0. The zero-order valence-electron chi connectivity index (χ0n) is 8.37. The first-order valence-electron chi connectivity index (χ1n) is 5.41. The van der Waals surface area contributed by atoms with Crippen LogP contribution in [0.25, 0.3) is 0 Å². The van der Waals surface area contributed by atoms with Gasteiger partial charge in [0, 0.05) is 6.42 Å². The van der Waals surface area contributed by atoms with Crippen LogP contribution in [0.3, 0.4) is 0 Å². The van der Waals surface area contributed by atoms with Crippen LogP contribution >= 0.6 is 0 Å². The van der Waals surface area contributed by atoms with Crippen LogP contribution in [0.1, 0.15) is 48.9 Å². The second-order valence-corrected chi connectivity index (χ2v) is 4.12. The maximum absolute atomic E-state index is 11.6. The van der Waals surface area contributed by atoms with E-state index in [0.717, 1.165) is 17.9 Å². The Morgan fingerprint density at radius 3 is 2.86 bits per heavy atom. The van der Waals surface area contributed by atoms with E-state index in [1.165, 1.54) is 31.9 Å². The molecule has 1 heterocycles. The van der Waals surface area contributed by atoms with Gasteiger partial charge in [-0.05, 0) is 18.4 Å². The summed E-state index contributed by atoms with van der Waals surface area (Å²) in [7, 11) is 0. The molecule has 1 aliphatic rings. The third kappa shape index (κ3) is 2.25. The smallest absolute Gasteiger partial charge is 0.166 e. The number of rotatable bonds is 4. The molecule has 1 aliphatic carbocycles. The maximum Gasteiger partial charge on any atom is 0.166 e. The lowest BCUT2D eigenvalue weighted by atomic mass is 9.98. The van der Waals surface area contributed by atoms with Gasteiger partial charge in [0.15, 0.2) is 5.78 Å². The Morgan fingerprint density at radius 2 is 2.21 bits per heavy atom. The number of furan rings is 1. The van der Waals surface area contributed by atoms with Crippen molar-refractivity contribution in [2.75, 3.05) is 0 Å². The summed E-state index contributed by atoms with van der Waals surface area (Å²) in [6, 6.07) is 1.75. The molecule has 0 atom stereocenters. The Labute approximate surface area is 84.3 Å². The summed E-state index contributed by atoms with van der Waals surface area (Å²) in [4.78, 5) is 11.6. The molecule has 0 radical (unpaired) electrons. The molecule has 2 rings (SSSR count). The van der Waals surface area contributed by atoms with Crippen LogP contribution in [-0.4, -0.2) is 5.78 Å². The fourth-order valence-electron chi connectivity index (χ4n) is 2.20. The standard InChI is InChI=1S/C12H16O2/c13-12(11-7-8-14-9-11)6-5-10-3-1-2-4-10/h7-10H,1-6H2. The van der Waals surface area contributed by atoms with Crippen molar-refractivity contribution in [3.8, 4) is 0 Å². The summed E-state index contributed by atoms with van der Waals surface area (Å²) in [5.41, 5.74) is 0.725. The van der Waals surface area contributed by atoms with Gasteiger partial charge in [-0.1, -0.05) is 25.7 Å². The summed E-state index contributed by atoms with van der Waals surface area (Å²) in [6.07, 6.45) is 10.2. The van der Waals surface area contributed by atoms with Crippen molar-refractivity contribution < 1.29 is 9.21 Å². The summed E-state index contributed by atoms with van der Waals surface area (Å²) < 4.78 is 4.89. The van der Waals surface area contributed by atoms with Gasteiger partial charge in [0.25, 0.3) is 0 Å². The number of Topliss-reactive ketones (excluding diaryl/α,β-unsaturated/α-hetero) is 1. The highest BCUT2D eigenvalue weighted by Crippen LogP contribution is 2.28. The fourth-order valence-corrected chi connectivity index (χ4v) is 2.20. The molecule has 0 spiro atoms. The van der Waals surface area contributed by atoms with Crippen molar-refractivity contribution in [2.45, 2.75) is 38.5 Å². The van der Waals surface area contributed by atoms with Crippen molar-refractivity contribution >= 4 is 5.78 Å². The van der Waals surface area contributed by atoms with Gasteiger partial charge in [-0.15, -0.1) is 0 Å². The van der Waals surface area contributed by atoms with Gasteiger partial charge < -0.3 is 4.42 Å². The highest BCUT2D eigenvalue weighted by molar-refractivity contribution is 5.95. The van der Waals surface area contributed by atoms with Crippen molar-refractivity contribution in [2.24, 2.45) is 5.92 Å². The lowest BCUT2D eigenvalue weighted by Gasteiger charge is -2.06. The zero-order chi connectivity index (χ0) is 9.80. The van der Waals surface area contributed by atoms with E-state index in [1.807, 2.05) is 0 Å². The van der Waals surface area contributed by atoms with E-state index < -0.39 is 0 Å². The molecule has 1 aromatic rings. The maximum atomic E-state index is 11.6. The molecule has 1 fully saturated rings. The summed E-state index contributed by atoms with van der Waals surface area (Å²) in [6.45, 7) is 0. The molecule has 1 aromatic heterocycles. The Hall–Kier alpha value is -1.05. The van der Waals surface area contributed by atoms with Gasteiger partial charge in [0.2, 0.25) is 0 Å². The number of carbonyl (C=O) groups excluding carboxylic acids is 1. The summed E-state index contributed by atoms with van der Waals surface area (Å²) in [5, 5.41) is 0. The monoisotopic (exact) mass is 192 g/mol. The summed E-state index contributed by atoms with van der Waals surface area (Å²) in [5.74, 6) is 1.02. The number of carbonyl (C=O) groups is 1. The molecule has 1 saturated carbocycles. The molecule has 0 amide bonds. The van der Waals surface area contributed by atoms with Crippen LogP contribution in [0.4, 0.5) is 0 Å². The predicted molar refractivity (Wildman–Crippen MR) is 54.2 cm³/mol. The highest BCUT2D eigenvalue weighted by atomic mass is 16.3. The highest BCUT2D eigenvalue weighted by Gasteiger charge is 2.16. The third-order valence-corrected chi connectivity index (χ3v) is 3.10. The molecule has 2 heteroatoms. The van der Waals surface area contributed by atoms with Gasteiger partial charge in [-0.25, -0.2) is 0 Å². The number of ketones is 1. The SMILES string of the molecule is O=C(CCC1CCCC1)c1ccoc1. The topological polar surface area (TPSA) is 30.2 Å². The van der Waals surface area contributed by atoms with Crippen LogP contribution in [0, 0.1) is 5.92 Å². The number of hydrogen-bond acceptors (Lipinski definition) is 2. The molecule has 14 heavy (non-hydrogen) atoms. The predicted octanol–water partition coefficient (Wildman–Crippen LogP) is 3.43. The van der Waals surface area contributed by atoms with Crippen molar-refractivity contribution in [3.63, 3.8) is 0 Å². The van der Waals surface area contributed by atoms with E-state index in [4.69, 9.17) is 4.42 Å². The van der Waals surface area contributed by atoms with Gasteiger partial charge in [0.05, 0.1) is 11.8 Å². The molecule has 0 aliphatic heterocycles. The Kier molecular flexibility index (Phi) is 3.02. The van der Waals surface area contributed by atoms with E-state index in [-0.39, 0.29) is 5.78 Å². The molecule has 0 unspecified atom stereocenters. The van der Waals surface area contributed by atoms with Gasteiger partial charge >= 0.3 is 0 Å². The van der Waals surface area contributed by atoms with Crippen LogP contribution in [0.5, 0.6) is 0 Å². The van der Waals surface area contributed by atoms with E-state index in [9.17, 15) is 4.79 Å². The third-order valence-electron chi connectivity index (χ3n) is 3.10. The molecule has 76 valence electrons. The molecule has 0 saturated heterocycles. The minimum absolute atomic E-state index is 0.227. The van der Waals surface area contributed by atoms with Crippen molar-refractivity contribution in [1.29, 1.82) is 0 Å². The largest absolute Gasteiger partial charge is 0.472 e. The lowest BCUT2D eigenvalue weighted by molar-refractivity contribution is 0.0973. The molecule has 0 N–H and O–H groups in total. The quantitative estimate of drug-likeness (QED) is 0.684.